The molecule has 3 atom stereocenters. The van der Waals surface area contributed by atoms with E-state index >= 15 is 4.39 Å². The predicted octanol–water partition coefficient (Wildman–Crippen LogP) is 3.39. The molecule has 2 aliphatic heterocycles. The number of rotatable bonds is 6. The van der Waals surface area contributed by atoms with Gasteiger partial charge in [-0.25, -0.2) is 9.93 Å². The Morgan fingerprint density at radius 2 is 2.03 bits per heavy atom. The minimum absolute atomic E-state index is 0.201. The molecule has 1 aromatic heterocycles. The normalized spacial score (nSPS) is 24.1. The van der Waals surface area contributed by atoms with E-state index in [-0.39, 0.29) is 17.9 Å². The molecule has 2 aromatic rings. The summed E-state index contributed by atoms with van der Waals surface area (Å²) in [5, 5.41) is 16.2. The maximum Gasteiger partial charge on any atom is 0.171 e. The van der Waals surface area contributed by atoms with E-state index in [0.29, 0.717) is 11.5 Å². The van der Waals surface area contributed by atoms with Gasteiger partial charge in [0.1, 0.15) is 5.82 Å². The van der Waals surface area contributed by atoms with Crippen molar-refractivity contribution in [3.63, 3.8) is 0 Å². The van der Waals surface area contributed by atoms with Gasteiger partial charge in [0.05, 0.1) is 11.3 Å². The molecule has 3 heterocycles. The lowest BCUT2D eigenvalue weighted by Crippen LogP contribution is -2.56. The molecule has 4 rings (SSSR count). The fourth-order valence-corrected chi connectivity index (χ4v) is 4.47. The summed E-state index contributed by atoms with van der Waals surface area (Å²) in [6, 6.07) is 8.18. The molecule has 2 aliphatic rings. The van der Waals surface area contributed by atoms with Crippen molar-refractivity contribution in [3.8, 4) is 0 Å². The fourth-order valence-electron chi connectivity index (χ4n) is 4.47. The van der Waals surface area contributed by atoms with Crippen molar-refractivity contribution in [1.29, 1.82) is 0 Å². The van der Waals surface area contributed by atoms with E-state index in [1.54, 1.807) is 12.3 Å². The maximum absolute atomic E-state index is 15.3. The molecular weight excluding hydrogens is 395 g/mol. The lowest BCUT2D eigenvalue weighted by molar-refractivity contribution is 0.155. The number of hydrogen-bond donors (Lipinski definition) is 2. The number of hydrazine groups is 1. The Morgan fingerprint density at radius 3 is 2.71 bits per heavy atom. The summed E-state index contributed by atoms with van der Waals surface area (Å²) in [6.07, 6.45) is 1.98. The largest absolute Gasteiger partial charge is 0.366 e. The van der Waals surface area contributed by atoms with Crippen LogP contribution in [-0.4, -0.2) is 40.3 Å². The summed E-state index contributed by atoms with van der Waals surface area (Å²) in [4.78, 5) is 4.73. The van der Waals surface area contributed by atoms with Crippen LogP contribution in [0, 0.1) is 11.7 Å². The van der Waals surface area contributed by atoms with E-state index in [4.69, 9.17) is 0 Å². The second-order valence-corrected chi connectivity index (χ2v) is 8.98. The summed E-state index contributed by atoms with van der Waals surface area (Å²) in [7, 11) is 0. The van der Waals surface area contributed by atoms with Gasteiger partial charge in [-0.15, -0.1) is 5.11 Å². The SMILES string of the molecule is CC(C)Cc1cc(F)c(C2N=NNN2)c(N2CC(C)N(Cc3cccnn3)CC2C)c1. The third kappa shape index (κ3) is 4.83. The van der Waals surface area contributed by atoms with Crippen LogP contribution in [0.2, 0.25) is 0 Å². The van der Waals surface area contributed by atoms with Crippen LogP contribution in [0.5, 0.6) is 0 Å². The third-order valence-electron chi connectivity index (χ3n) is 5.93. The third-order valence-corrected chi connectivity index (χ3v) is 5.93. The van der Waals surface area contributed by atoms with E-state index in [1.807, 2.05) is 12.1 Å². The molecule has 31 heavy (non-hydrogen) atoms. The van der Waals surface area contributed by atoms with Crippen LogP contribution in [0.4, 0.5) is 10.1 Å². The molecule has 0 bridgehead atoms. The van der Waals surface area contributed by atoms with Crippen LogP contribution < -0.4 is 15.9 Å². The van der Waals surface area contributed by atoms with Gasteiger partial charge in [-0.2, -0.15) is 15.6 Å². The van der Waals surface area contributed by atoms with Gasteiger partial charge in [0.2, 0.25) is 0 Å². The number of hydrogen-bond acceptors (Lipinski definition) is 8. The molecule has 9 heteroatoms. The number of piperazine rings is 1. The smallest absolute Gasteiger partial charge is 0.171 e. The van der Waals surface area contributed by atoms with Gasteiger partial charge in [-0.1, -0.05) is 19.1 Å². The predicted molar refractivity (Wildman–Crippen MR) is 118 cm³/mol. The van der Waals surface area contributed by atoms with Crippen LogP contribution in [0.1, 0.15) is 50.7 Å². The Hall–Kier alpha value is -2.65. The van der Waals surface area contributed by atoms with Crippen molar-refractivity contribution in [2.75, 3.05) is 18.0 Å². The van der Waals surface area contributed by atoms with Gasteiger partial charge in [-0.05, 0) is 56.0 Å². The van der Waals surface area contributed by atoms with Gasteiger partial charge in [-0.3, -0.25) is 4.90 Å². The molecule has 1 saturated heterocycles. The fraction of sp³-hybridized carbons (Fsp3) is 0.545. The Morgan fingerprint density at radius 1 is 1.19 bits per heavy atom. The number of anilines is 1. The summed E-state index contributed by atoms with van der Waals surface area (Å²) in [5.74, 6) is 0.208. The topological polar surface area (TPSA) is 81.0 Å². The standard InChI is InChI=1S/C22H31FN8/c1-14(2)8-17-9-19(23)21(22-26-28-29-27-22)20(10-17)31-12-15(3)30(11-16(31)4)13-18-6-5-7-24-25-18/h5-7,9-10,14-16,22H,8,11-13H2,1-4H3,(H,26,29)(H,27,28). The average Bonchev–Trinajstić information content (AvgIpc) is 3.24. The zero-order valence-electron chi connectivity index (χ0n) is 18.6. The van der Waals surface area contributed by atoms with Crippen LogP contribution in [0.15, 0.2) is 40.8 Å². The first-order valence-corrected chi connectivity index (χ1v) is 10.9. The van der Waals surface area contributed by atoms with Crippen LogP contribution >= 0.6 is 0 Å². The highest BCUT2D eigenvalue weighted by Gasteiger charge is 2.33. The van der Waals surface area contributed by atoms with Crippen molar-refractivity contribution in [1.82, 2.24) is 26.1 Å². The average molecular weight is 427 g/mol. The van der Waals surface area contributed by atoms with E-state index in [2.05, 4.69) is 75.1 Å². The Bertz CT molecular complexity index is 919. The van der Waals surface area contributed by atoms with Crippen LogP contribution in [0.25, 0.3) is 0 Å². The van der Waals surface area contributed by atoms with Gasteiger partial charge in [0.25, 0.3) is 0 Å². The first kappa shape index (κ1) is 21.6. The monoisotopic (exact) mass is 426 g/mol. The molecule has 1 aromatic carbocycles. The molecule has 0 radical (unpaired) electrons. The van der Waals surface area contributed by atoms with E-state index in [1.165, 1.54) is 0 Å². The van der Waals surface area contributed by atoms with Gasteiger partial charge >= 0.3 is 0 Å². The van der Waals surface area contributed by atoms with Gasteiger partial charge < -0.3 is 4.90 Å². The van der Waals surface area contributed by atoms with Crippen molar-refractivity contribution in [3.05, 3.63) is 53.1 Å². The molecule has 8 nitrogen and oxygen atoms in total. The first-order chi connectivity index (χ1) is 14.9. The summed E-state index contributed by atoms with van der Waals surface area (Å²) >= 11 is 0. The number of aromatic nitrogens is 2. The van der Waals surface area contributed by atoms with Crippen molar-refractivity contribution < 1.29 is 4.39 Å². The Kier molecular flexibility index (Phi) is 6.43. The molecular formula is C22H31FN8. The van der Waals surface area contributed by atoms with Crippen molar-refractivity contribution in [2.24, 2.45) is 16.3 Å². The Balaban J connectivity index is 1.63. The summed E-state index contributed by atoms with van der Waals surface area (Å²) in [6.45, 7) is 11.1. The van der Waals surface area contributed by atoms with Crippen LogP contribution in [-0.2, 0) is 13.0 Å². The van der Waals surface area contributed by atoms with E-state index < -0.39 is 6.17 Å². The van der Waals surface area contributed by atoms with Gasteiger partial charge in [0, 0.05) is 43.6 Å². The molecule has 0 aliphatic carbocycles. The molecule has 0 saturated carbocycles. The Labute approximate surface area is 182 Å². The van der Waals surface area contributed by atoms with E-state index in [9.17, 15) is 0 Å². The second-order valence-electron chi connectivity index (χ2n) is 8.98. The van der Waals surface area contributed by atoms with Crippen LogP contribution in [0.3, 0.4) is 0 Å². The second kappa shape index (κ2) is 9.23. The molecule has 166 valence electrons. The first-order valence-electron chi connectivity index (χ1n) is 10.9. The quantitative estimate of drug-likeness (QED) is 0.737. The summed E-state index contributed by atoms with van der Waals surface area (Å²) < 4.78 is 15.3. The maximum atomic E-state index is 15.3. The van der Waals surface area contributed by atoms with E-state index in [0.717, 1.165) is 43.0 Å². The lowest BCUT2D eigenvalue weighted by Gasteiger charge is -2.46. The molecule has 3 unspecified atom stereocenters. The minimum Gasteiger partial charge on any atom is -0.366 e. The zero-order chi connectivity index (χ0) is 22.0. The highest BCUT2D eigenvalue weighted by atomic mass is 19.1. The highest BCUT2D eigenvalue weighted by Crippen LogP contribution is 2.36. The number of halogens is 1. The molecule has 0 spiro atoms. The molecule has 2 N–H and O–H groups in total. The lowest BCUT2D eigenvalue weighted by atomic mass is 9.96. The van der Waals surface area contributed by atoms with Gasteiger partial charge in [0.15, 0.2) is 6.17 Å². The zero-order valence-corrected chi connectivity index (χ0v) is 18.6. The van der Waals surface area contributed by atoms with Crippen molar-refractivity contribution >= 4 is 5.69 Å². The number of nitrogens with zero attached hydrogens (tertiary/aromatic N) is 6. The molecule has 1 fully saturated rings. The van der Waals surface area contributed by atoms with Crippen molar-refractivity contribution in [2.45, 2.75) is 58.9 Å². The summed E-state index contributed by atoms with van der Waals surface area (Å²) in [5.41, 5.74) is 8.99. The molecule has 0 amide bonds. The highest BCUT2D eigenvalue weighted by molar-refractivity contribution is 5.59. The number of nitrogens with one attached hydrogen (secondary N) is 2. The minimum atomic E-state index is -0.539. The number of benzene rings is 1.